The Morgan fingerprint density at radius 3 is 2.67 bits per heavy atom. The Labute approximate surface area is 154 Å². The van der Waals surface area contributed by atoms with Crippen molar-refractivity contribution >= 4 is 33.9 Å². The first-order valence-electron chi connectivity index (χ1n) is 8.44. The molecule has 2 aromatic heterocycles. The highest BCUT2D eigenvalue weighted by Crippen LogP contribution is 2.19. The van der Waals surface area contributed by atoms with Gasteiger partial charge < -0.3 is 20.4 Å². The van der Waals surface area contributed by atoms with Gasteiger partial charge in [0, 0.05) is 25.5 Å². The third-order valence-corrected chi connectivity index (χ3v) is 4.65. The van der Waals surface area contributed by atoms with Gasteiger partial charge in [0.15, 0.2) is 0 Å². The number of imidazole rings is 2. The standard InChI is InChI=1S/C19H18N6O2/c1-25-15-9-11(19(26)27)3-5-13(15)24-17(25)7-6-16-22-12-4-2-10(18(20)21)8-14(12)23-16/h2-5,8-9H,6-7H2,1H3,(H3,20,21)(H,22,23)(H,26,27). The molecular formula is C19H18N6O2. The van der Waals surface area contributed by atoms with Gasteiger partial charge in [-0.3, -0.25) is 5.41 Å². The number of benzene rings is 2. The molecule has 0 atom stereocenters. The summed E-state index contributed by atoms with van der Waals surface area (Å²) in [6.07, 6.45) is 1.32. The SMILES string of the molecule is Cn1c(CCc2nc3cc(C(=N)N)ccc3[nH]2)nc2ccc(C(=O)O)cc21. The summed E-state index contributed by atoms with van der Waals surface area (Å²) in [6, 6.07) is 10.4. The average molecular weight is 362 g/mol. The molecule has 0 aliphatic rings. The molecule has 0 fully saturated rings. The van der Waals surface area contributed by atoms with Gasteiger partial charge >= 0.3 is 5.97 Å². The summed E-state index contributed by atoms with van der Waals surface area (Å²) >= 11 is 0. The monoisotopic (exact) mass is 362 g/mol. The van der Waals surface area contributed by atoms with Crippen LogP contribution in [0.2, 0.25) is 0 Å². The number of carboxylic acids is 1. The van der Waals surface area contributed by atoms with Gasteiger partial charge in [0.05, 0.1) is 27.6 Å². The molecule has 0 unspecified atom stereocenters. The van der Waals surface area contributed by atoms with Crippen molar-refractivity contribution in [2.45, 2.75) is 12.8 Å². The smallest absolute Gasteiger partial charge is 0.335 e. The van der Waals surface area contributed by atoms with Crippen LogP contribution in [0.4, 0.5) is 0 Å². The van der Waals surface area contributed by atoms with Crippen LogP contribution in [0.5, 0.6) is 0 Å². The summed E-state index contributed by atoms with van der Waals surface area (Å²) in [6.45, 7) is 0. The van der Waals surface area contributed by atoms with Crippen molar-refractivity contribution in [3.05, 3.63) is 59.2 Å². The number of carbonyl (C=O) groups is 1. The minimum absolute atomic E-state index is 0.0156. The van der Waals surface area contributed by atoms with Crippen molar-refractivity contribution in [3.63, 3.8) is 0 Å². The summed E-state index contributed by atoms with van der Waals surface area (Å²) in [5, 5.41) is 16.7. The van der Waals surface area contributed by atoms with Crippen LogP contribution in [0.3, 0.4) is 0 Å². The molecule has 0 amide bonds. The minimum atomic E-state index is -0.952. The lowest BCUT2D eigenvalue weighted by atomic mass is 10.2. The molecule has 2 heterocycles. The first kappa shape index (κ1) is 16.8. The number of rotatable bonds is 5. The fourth-order valence-corrected chi connectivity index (χ4v) is 3.17. The molecule has 0 radical (unpaired) electrons. The molecule has 4 rings (SSSR count). The predicted octanol–water partition coefficient (Wildman–Crippen LogP) is 2.22. The maximum absolute atomic E-state index is 11.2. The lowest BCUT2D eigenvalue weighted by Crippen LogP contribution is -2.10. The number of nitrogen functional groups attached to an aromatic ring is 1. The van der Waals surface area contributed by atoms with Crippen molar-refractivity contribution in [1.29, 1.82) is 5.41 Å². The molecule has 0 spiro atoms. The molecule has 136 valence electrons. The Bertz CT molecular complexity index is 1200. The zero-order chi connectivity index (χ0) is 19.1. The number of aryl methyl sites for hydroxylation is 3. The van der Waals surface area contributed by atoms with E-state index in [0.29, 0.717) is 18.4 Å². The van der Waals surface area contributed by atoms with E-state index in [1.54, 1.807) is 30.3 Å². The van der Waals surface area contributed by atoms with E-state index in [0.717, 1.165) is 33.7 Å². The van der Waals surface area contributed by atoms with E-state index in [2.05, 4.69) is 15.0 Å². The summed E-state index contributed by atoms with van der Waals surface area (Å²) in [4.78, 5) is 23.6. The van der Waals surface area contributed by atoms with Gasteiger partial charge in [-0.2, -0.15) is 0 Å². The second-order valence-corrected chi connectivity index (χ2v) is 6.42. The van der Waals surface area contributed by atoms with E-state index in [9.17, 15) is 4.79 Å². The molecule has 0 aliphatic carbocycles. The highest BCUT2D eigenvalue weighted by molar-refractivity contribution is 5.98. The Morgan fingerprint density at radius 2 is 1.93 bits per heavy atom. The second kappa shape index (κ2) is 6.24. The number of aromatic amines is 1. The fourth-order valence-electron chi connectivity index (χ4n) is 3.17. The van der Waals surface area contributed by atoms with Crippen LogP contribution in [-0.2, 0) is 19.9 Å². The number of nitrogens with one attached hydrogen (secondary N) is 2. The van der Waals surface area contributed by atoms with Crippen LogP contribution in [0.1, 0.15) is 27.6 Å². The summed E-state index contributed by atoms with van der Waals surface area (Å²) in [7, 11) is 1.88. The molecule has 0 bridgehead atoms. The van der Waals surface area contributed by atoms with E-state index < -0.39 is 5.97 Å². The van der Waals surface area contributed by atoms with Gasteiger partial charge in [-0.05, 0) is 36.4 Å². The maximum Gasteiger partial charge on any atom is 0.335 e. The molecule has 0 saturated carbocycles. The molecule has 5 N–H and O–H groups in total. The quantitative estimate of drug-likeness (QED) is 0.319. The molecule has 8 nitrogen and oxygen atoms in total. The zero-order valence-corrected chi connectivity index (χ0v) is 14.7. The molecule has 4 aromatic rings. The third kappa shape index (κ3) is 3.01. The Hall–Kier alpha value is -3.68. The first-order valence-corrected chi connectivity index (χ1v) is 8.44. The topological polar surface area (TPSA) is 134 Å². The zero-order valence-electron chi connectivity index (χ0n) is 14.7. The number of H-pyrrole nitrogens is 1. The number of nitrogens with zero attached hydrogens (tertiary/aromatic N) is 3. The van der Waals surface area contributed by atoms with Crippen LogP contribution in [0.25, 0.3) is 22.1 Å². The van der Waals surface area contributed by atoms with Gasteiger partial charge in [0.1, 0.15) is 17.5 Å². The van der Waals surface area contributed by atoms with Crippen LogP contribution in [0, 0.1) is 5.41 Å². The van der Waals surface area contributed by atoms with Gasteiger partial charge in [-0.15, -0.1) is 0 Å². The Morgan fingerprint density at radius 1 is 1.15 bits per heavy atom. The molecule has 0 aliphatic heterocycles. The Kier molecular flexibility index (Phi) is 3.88. The first-order chi connectivity index (χ1) is 12.9. The Balaban J connectivity index is 1.59. The number of fused-ring (bicyclic) bond motifs is 2. The lowest BCUT2D eigenvalue weighted by Gasteiger charge is -2.01. The van der Waals surface area contributed by atoms with Gasteiger partial charge in [-0.1, -0.05) is 0 Å². The summed E-state index contributed by atoms with van der Waals surface area (Å²) in [5.41, 5.74) is 9.65. The van der Waals surface area contributed by atoms with E-state index in [4.69, 9.17) is 16.2 Å². The lowest BCUT2D eigenvalue weighted by molar-refractivity contribution is 0.0697. The molecule has 8 heteroatoms. The molecule has 0 saturated heterocycles. The van der Waals surface area contributed by atoms with E-state index in [1.807, 2.05) is 17.7 Å². The second-order valence-electron chi connectivity index (χ2n) is 6.42. The summed E-state index contributed by atoms with van der Waals surface area (Å²) in [5.74, 6) is 0.745. The van der Waals surface area contributed by atoms with Crippen molar-refractivity contribution in [2.75, 3.05) is 0 Å². The van der Waals surface area contributed by atoms with Crippen LogP contribution < -0.4 is 5.73 Å². The fraction of sp³-hybridized carbons (Fsp3) is 0.158. The number of nitrogens with two attached hydrogens (primary N) is 1. The van der Waals surface area contributed by atoms with E-state index in [1.165, 1.54) is 0 Å². The van der Waals surface area contributed by atoms with Crippen molar-refractivity contribution in [3.8, 4) is 0 Å². The molecular weight excluding hydrogens is 344 g/mol. The molecule has 27 heavy (non-hydrogen) atoms. The summed E-state index contributed by atoms with van der Waals surface area (Å²) < 4.78 is 1.91. The largest absolute Gasteiger partial charge is 0.478 e. The average Bonchev–Trinajstić information content (AvgIpc) is 3.19. The van der Waals surface area contributed by atoms with Gasteiger partial charge in [0.2, 0.25) is 0 Å². The normalized spacial score (nSPS) is 11.3. The highest BCUT2D eigenvalue weighted by atomic mass is 16.4. The van der Waals surface area contributed by atoms with Gasteiger partial charge in [0.25, 0.3) is 0 Å². The maximum atomic E-state index is 11.2. The highest BCUT2D eigenvalue weighted by Gasteiger charge is 2.12. The van der Waals surface area contributed by atoms with Crippen LogP contribution >= 0.6 is 0 Å². The van der Waals surface area contributed by atoms with Crippen LogP contribution in [-0.4, -0.2) is 36.4 Å². The number of carboxylic acid groups (broad SMARTS) is 1. The van der Waals surface area contributed by atoms with Crippen molar-refractivity contribution in [1.82, 2.24) is 19.5 Å². The van der Waals surface area contributed by atoms with Gasteiger partial charge in [-0.25, -0.2) is 14.8 Å². The predicted molar refractivity (Wildman–Crippen MR) is 102 cm³/mol. The third-order valence-electron chi connectivity index (χ3n) is 4.65. The van der Waals surface area contributed by atoms with E-state index >= 15 is 0 Å². The van der Waals surface area contributed by atoms with Crippen molar-refractivity contribution in [2.24, 2.45) is 12.8 Å². The minimum Gasteiger partial charge on any atom is -0.478 e. The number of aromatic carboxylic acids is 1. The van der Waals surface area contributed by atoms with Crippen molar-refractivity contribution < 1.29 is 9.90 Å². The van der Waals surface area contributed by atoms with E-state index in [-0.39, 0.29) is 11.4 Å². The number of aromatic nitrogens is 4. The number of hydrogen-bond donors (Lipinski definition) is 4. The number of amidine groups is 1. The van der Waals surface area contributed by atoms with Crippen LogP contribution in [0.15, 0.2) is 36.4 Å². The number of hydrogen-bond acceptors (Lipinski definition) is 4. The molecule has 2 aromatic carbocycles.